The Kier molecular flexibility index (Phi) is 3.89. The number of ether oxygens (including phenoxy) is 1. The molecule has 0 saturated heterocycles. The van der Waals surface area contributed by atoms with Gasteiger partial charge in [0.1, 0.15) is 11.3 Å². The first kappa shape index (κ1) is 16.6. The predicted molar refractivity (Wildman–Crippen MR) is 107 cm³/mol. The highest BCUT2D eigenvalue weighted by molar-refractivity contribution is 5.87. The van der Waals surface area contributed by atoms with E-state index in [0.29, 0.717) is 18.3 Å². The van der Waals surface area contributed by atoms with Gasteiger partial charge in [0.2, 0.25) is 5.95 Å². The number of hydrogen-bond donors (Lipinski definition) is 3. The second kappa shape index (κ2) is 6.56. The van der Waals surface area contributed by atoms with Crippen molar-refractivity contribution in [2.45, 2.75) is 25.3 Å². The Morgan fingerprint density at radius 1 is 1.25 bits per heavy atom. The molecule has 8 heteroatoms. The van der Waals surface area contributed by atoms with E-state index in [-0.39, 0.29) is 5.95 Å². The summed E-state index contributed by atoms with van der Waals surface area (Å²) in [7, 11) is 1.66. The zero-order valence-corrected chi connectivity index (χ0v) is 15.5. The number of nitrogens with zero attached hydrogens (tertiary/aromatic N) is 4. The molecular weight excluding hydrogens is 354 g/mol. The number of benzene rings is 1. The Morgan fingerprint density at radius 3 is 2.82 bits per heavy atom. The number of H-pyrrole nitrogens is 1. The molecule has 0 bridgehead atoms. The van der Waals surface area contributed by atoms with Gasteiger partial charge in [0.25, 0.3) is 0 Å². The van der Waals surface area contributed by atoms with E-state index < -0.39 is 0 Å². The highest BCUT2D eigenvalue weighted by Crippen LogP contribution is 2.40. The van der Waals surface area contributed by atoms with Crippen LogP contribution in [0.15, 0.2) is 42.6 Å². The van der Waals surface area contributed by atoms with Crippen LogP contribution < -0.4 is 15.8 Å². The summed E-state index contributed by atoms with van der Waals surface area (Å²) in [6.45, 7) is 0.606. The van der Waals surface area contributed by atoms with Crippen molar-refractivity contribution in [3.63, 3.8) is 0 Å². The maximum atomic E-state index is 5.91. The molecule has 0 unspecified atom stereocenters. The Hall–Kier alpha value is -3.55. The van der Waals surface area contributed by atoms with Gasteiger partial charge in [-0.3, -0.25) is 5.10 Å². The third-order valence-corrected chi connectivity index (χ3v) is 5.04. The lowest BCUT2D eigenvalue weighted by Crippen LogP contribution is -2.08. The van der Waals surface area contributed by atoms with Crippen molar-refractivity contribution in [3.05, 3.63) is 53.9 Å². The topological polar surface area (TPSA) is 106 Å². The average molecular weight is 375 g/mol. The van der Waals surface area contributed by atoms with Crippen LogP contribution in [0.4, 0.5) is 11.8 Å². The van der Waals surface area contributed by atoms with Crippen LogP contribution in [0.25, 0.3) is 16.8 Å². The van der Waals surface area contributed by atoms with Gasteiger partial charge in [-0.25, -0.2) is 4.52 Å². The minimum absolute atomic E-state index is 0.215. The van der Waals surface area contributed by atoms with Crippen LogP contribution in [0.3, 0.4) is 0 Å². The van der Waals surface area contributed by atoms with Gasteiger partial charge in [0.15, 0.2) is 5.82 Å². The number of rotatable bonds is 6. The summed E-state index contributed by atoms with van der Waals surface area (Å²) in [4.78, 5) is 4.43. The van der Waals surface area contributed by atoms with Crippen LogP contribution in [-0.2, 0) is 6.54 Å². The minimum Gasteiger partial charge on any atom is -0.497 e. The van der Waals surface area contributed by atoms with Gasteiger partial charge < -0.3 is 15.8 Å². The third-order valence-electron chi connectivity index (χ3n) is 5.04. The van der Waals surface area contributed by atoms with E-state index in [1.54, 1.807) is 11.6 Å². The molecule has 1 fully saturated rings. The molecule has 1 aliphatic carbocycles. The molecule has 4 aromatic rings. The zero-order valence-electron chi connectivity index (χ0n) is 15.5. The number of aromatic amines is 1. The molecule has 0 spiro atoms. The van der Waals surface area contributed by atoms with Gasteiger partial charge in [0.05, 0.1) is 12.8 Å². The lowest BCUT2D eigenvalue weighted by Gasteiger charge is -2.10. The number of nitrogens with one attached hydrogen (secondary N) is 2. The fraction of sp³-hybridized carbons (Fsp3) is 0.250. The Bertz CT molecular complexity index is 1130. The molecule has 3 heterocycles. The summed E-state index contributed by atoms with van der Waals surface area (Å²) >= 11 is 0. The van der Waals surface area contributed by atoms with E-state index in [2.05, 4.69) is 31.7 Å². The van der Waals surface area contributed by atoms with Crippen molar-refractivity contribution < 1.29 is 4.74 Å². The number of anilines is 2. The van der Waals surface area contributed by atoms with E-state index >= 15 is 0 Å². The van der Waals surface area contributed by atoms with Crippen molar-refractivity contribution in [2.24, 2.45) is 0 Å². The van der Waals surface area contributed by atoms with Crippen LogP contribution in [0.5, 0.6) is 5.75 Å². The van der Waals surface area contributed by atoms with E-state index in [9.17, 15) is 0 Å². The van der Waals surface area contributed by atoms with E-state index in [1.165, 1.54) is 18.5 Å². The van der Waals surface area contributed by atoms with Crippen LogP contribution in [-0.4, -0.2) is 31.9 Å². The van der Waals surface area contributed by atoms with Gasteiger partial charge in [-0.1, -0.05) is 12.1 Å². The lowest BCUT2D eigenvalue weighted by atomic mass is 10.1. The van der Waals surface area contributed by atoms with Gasteiger partial charge in [-0.2, -0.15) is 10.1 Å². The zero-order chi connectivity index (χ0) is 19.1. The molecule has 0 radical (unpaired) electrons. The molecule has 142 valence electrons. The SMILES string of the molecule is COc1ccc(CNc2nc(N)nn3ccc(-c4cc(C5CC5)[nH]n4)c23)cc1. The Labute approximate surface area is 161 Å². The van der Waals surface area contributed by atoms with Gasteiger partial charge in [-0.15, -0.1) is 5.10 Å². The molecule has 4 N–H and O–H groups in total. The van der Waals surface area contributed by atoms with E-state index in [4.69, 9.17) is 10.5 Å². The van der Waals surface area contributed by atoms with Crippen LogP contribution >= 0.6 is 0 Å². The predicted octanol–water partition coefficient (Wildman–Crippen LogP) is 3.20. The van der Waals surface area contributed by atoms with Crippen molar-refractivity contribution in [1.29, 1.82) is 0 Å². The number of fused-ring (bicyclic) bond motifs is 1. The summed E-state index contributed by atoms with van der Waals surface area (Å²) in [6.07, 6.45) is 4.34. The standard InChI is InChI=1S/C20H21N7O/c1-28-14-6-2-12(3-7-14)11-22-19-18-15(8-9-27(18)26-20(21)23-19)17-10-16(24-25-17)13-4-5-13/h2-3,6-10,13H,4-5,11H2,1H3,(H,24,25)(H3,21,22,23,26). The fourth-order valence-corrected chi connectivity index (χ4v) is 3.38. The highest BCUT2D eigenvalue weighted by atomic mass is 16.5. The van der Waals surface area contributed by atoms with Crippen molar-refractivity contribution in [3.8, 4) is 17.0 Å². The Balaban J connectivity index is 1.48. The third kappa shape index (κ3) is 3.02. The normalized spacial score (nSPS) is 13.8. The van der Waals surface area contributed by atoms with Crippen LogP contribution in [0, 0.1) is 0 Å². The molecule has 5 rings (SSSR count). The number of nitrogens with two attached hydrogens (primary N) is 1. The molecule has 1 aromatic carbocycles. The lowest BCUT2D eigenvalue weighted by molar-refractivity contribution is 0.414. The number of hydrogen-bond acceptors (Lipinski definition) is 6. The first-order valence-electron chi connectivity index (χ1n) is 9.28. The van der Waals surface area contributed by atoms with Gasteiger partial charge >= 0.3 is 0 Å². The van der Waals surface area contributed by atoms with Crippen LogP contribution in [0.2, 0.25) is 0 Å². The summed E-state index contributed by atoms with van der Waals surface area (Å²) in [5.74, 6) is 2.35. The molecule has 0 amide bonds. The first-order valence-corrected chi connectivity index (χ1v) is 9.28. The summed E-state index contributed by atoms with van der Waals surface area (Å²) in [5, 5.41) is 15.4. The van der Waals surface area contributed by atoms with Gasteiger partial charge in [0, 0.05) is 29.9 Å². The molecule has 0 aliphatic heterocycles. The van der Waals surface area contributed by atoms with Crippen molar-refractivity contribution in [2.75, 3.05) is 18.2 Å². The number of methoxy groups -OCH3 is 1. The molecule has 8 nitrogen and oxygen atoms in total. The molecular formula is C20H21N7O. The fourth-order valence-electron chi connectivity index (χ4n) is 3.38. The van der Waals surface area contributed by atoms with E-state index in [0.717, 1.165) is 28.1 Å². The summed E-state index contributed by atoms with van der Waals surface area (Å²) in [6, 6.07) is 12.0. The van der Waals surface area contributed by atoms with Crippen LogP contribution in [0.1, 0.15) is 30.0 Å². The smallest absolute Gasteiger partial charge is 0.240 e. The van der Waals surface area contributed by atoms with Crippen molar-refractivity contribution >= 4 is 17.3 Å². The number of nitrogen functional groups attached to an aromatic ring is 1. The quantitative estimate of drug-likeness (QED) is 0.478. The minimum atomic E-state index is 0.215. The highest BCUT2D eigenvalue weighted by Gasteiger charge is 2.26. The summed E-state index contributed by atoms with van der Waals surface area (Å²) in [5.41, 5.74) is 10.9. The molecule has 3 aromatic heterocycles. The van der Waals surface area contributed by atoms with Gasteiger partial charge in [-0.05, 0) is 42.7 Å². The number of aromatic nitrogens is 5. The maximum absolute atomic E-state index is 5.91. The largest absolute Gasteiger partial charge is 0.497 e. The van der Waals surface area contributed by atoms with Crippen molar-refractivity contribution in [1.82, 2.24) is 24.8 Å². The average Bonchev–Trinajstić information content (AvgIpc) is 3.29. The second-order valence-corrected chi connectivity index (χ2v) is 7.03. The molecule has 1 aliphatic rings. The second-order valence-electron chi connectivity index (χ2n) is 7.03. The molecule has 0 atom stereocenters. The molecule has 1 saturated carbocycles. The van der Waals surface area contributed by atoms with E-state index in [1.807, 2.05) is 36.5 Å². The maximum Gasteiger partial charge on any atom is 0.240 e. The summed E-state index contributed by atoms with van der Waals surface area (Å²) < 4.78 is 6.96. The Morgan fingerprint density at radius 2 is 2.07 bits per heavy atom. The monoisotopic (exact) mass is 375 g/mol. The first-order chi connectivity index (χ1) is 13.7. The molecule has 28 heavy (non-hydrogen) atoms.